The first-order valence-corrected chi connectivity index (χ1v) is 8.12. The Bertz CT molecular complexity index is 572. The summed E-state index contributed by atoms with van der Waals surface area (Å²) in [6, 6.07) is 4.22. The second-order valence-electron chi connectivity index (χ2n) is 5.96. The molecule has 2 aromatic heterocycles. The van der Waals surface area contributed by atoms with Crippen molar-refractivity contribution in [3.63, 3.8) is 0 Å². The van der Waals surface area contributed by atoms with Gasteiger partial charge in [-0.1, -0.05) is 13.8 Å². The van der Waals surface area contributed by atoms with E-state index in [1.165, 1.54) is 24.1 Å². The van der Waals surface area contributed by atoms with Gasteiger partial charge in [0, 0.05) is 24.6 Å². The van der Waals surface area contributed by atoms with Crippen molar-refractivity contribution in [3.8, 4) is 0 Å². The van der Waals surface area contributed by atoms with E-state index in [1.54, 1.807) is 0 Å². The van der Waals surface area contributed by atoms with Gasteiger partial charge in [0.15, 0.2) is 0 Å². The van der Waals surface area contributed by atoms with E-state index in [9.17, 15) is 0 Å². The monoisotopic (exact) mass is 287 g/mol. The molecular weight excluding hydrogens is 262 g/mol. The molecule has 1 aliphatic heterocycles. The Labute approximate surface area is 126 Å². The Morgan fingerprint density at radius 1 is 1.29 bits per heavy atom. The number of nitrogens with one attached hydrogen (secondary N) is 1. The van der Waals surface area contributed by atoms with Crippen molar-refractivity contribution in [2.75, 3.05) is 13.1 Å². The maximum Gasteiger partial charge on any atom is 0.118 e. The molecule has 1 unspecified atom stereocenters. The molecule has 21 heavy (non-hydrogen) atoms. The predicted molar refractivity (Wildman–Crippen MR) is 83.3 cm³/mol. The lowest BCUT2D eigenvalue weighted by Gasteiger charge is -2.32. The van der Waals surface area contributed by atoms with Crippen LogP contribution in [0.5, 0.6) is 0 Å². The van der Waals surface area contributed by atoms with Crippen molar-refractivity contribution in [1.82, 2.24) is 15.1 Å². The molecule has 1 aliphatic rings. The summed E-state index contributed by atoms with van der Waals surface area (Å²) in [4.78, 5) is 2.51. The van der Waals surface area contributed by atoms with Crippen molar-refractivity contribution in [2.45, 2.75) is 52.0 Å². The Morgan fingerprint density at radius 2 is 2.14 bits per heavy atom. The molecular formula is C17H25N3O. The van der Waals surface area contributed by atoms with Crippen LogP contribution in [0.1, 0.15) is 55.4 Å². The van der Waals surface area contributed by atoms with Gasteiger partial charge in [0.2, 0.25) is 0 Å². The summed E-state index contributed by atoms with van der Waals surface area (Å²) in [5.41, 5.74) is 2.71. The number of nitrogens with zero attached hydrogens (tertiary/aromatic N) is 2. The molecule has 0 spiro atoms. The van der Waals surface area contributed by atoms with Gasteiger partial charge >= 0.3 is 0 Å². The molecule has 0 aliphatic carbocycles. The number of furan rings is 1. The molecule has 0 saturated carbocycles. The number of aromatic amines is 1. The van der Waals surface area contributed by atoms with E-state index < -0.39 is 0 Å². The van der Waals surface area contributed by atoms with Crippen LogP contribution in [0.2, 0.25) is 0 Å². The summed E-state index contributed by atoms with van der Waals surface area (Å²) in [5.74, 6) is 2.75. The molecule has 2 aromatic rings. The molecule has 1 saturated heterocycles. The SMILES string of the molecule is CCc1ccc(CN2CCCC(c3[nH]ncc3CC)C2)o1. The molecule has 3 rings (SSSR count). The summed E-state index contributed by atoms with van der Waals surface area (Å²) < 4.78 is 5.84. The number of likely N-dealkylation sites (tertiary alicyclic amines) is 1. The van der Waals surface area contributed by atoms with Crippen LogP contribution in [-0.4, -0.2) is 28.2 Å². The average molecular weight is 287 g/mol. The van der Waals surface area contributed by atoms with Gasteiger partial charge in [0.1, 0.15) is 11.5 Å². The normalized spacial score (nSPS) is 20.0. The molecule has 3 heterocycles. The van der Waals surface area contributed by atoms with Gasteiger partial charge in [0.25, 0.3) is 0 Å². The van der Waals surface area contributed by atoms with Crippen LogP contribution >= 0.6 is 0 Å². The lowest BCUT2D eigenvalue weighted by atomic mass is 9.92. The van der Waals surface area contributed by atoms with Crippen LogP contribution in [0.25, 0.3) is 0 Å². The topological polar surface area (TPSA) is 45.1 Å². The molecule has 4 nitrogen and oxygen atoms in total. The molecule has 0 amide bonds. The van der Waals surface area contributed by atoms with Gasteiger partial charge in [-0.3, -0.25) is 10.00 Å². The van der Waals surface area contributed by atoms with E-state index in [0.29, 0.717) is 5.92 Å². The minimum absolute atomic E-state index is 0.580. The van der Waals surface area contributed by atoms with Crippen molar-refractivity contribution >= 4 is 0 Å². The molecule has 114 valence electrons. The first-order chi connectivity index (χ1) is 10.3. The third kappa shape index (κ3) is 3.21. The van der Waals surface area contributed by atoms with Gasteiger partial charge in [-0.2, -0.15) is 5.10 Å². The molecule has 1 N–H and O–H groups in total. The Balaban J connectivity index is 1.65. The number of hydrogen-bond acceptors (Lipinski definition) is 3. The summed E-state index contributed by atoms with van der Waals surface area (Å²) in [7, 11) is 0. The zero-order valence-corrected chi connectivity index (χ0v) is 13.1. The van der Waals surface area contributed by atoms with Crippen molar-refractivity contribution in [2.24, 2.45) is 0 Å². The van der Waals surface area contributed by atoms with Crippen LogP contribution < -0.4 is 0 Å². The van der Waals surface area contributed by atoms with Gasteiger partial charge in [-0.15, -0.1) is 0 Å². The highest BCUT2D eigenvalue weighted by Gasteiger charge is 2.24. The standard InChI is InChI=1S/C17H25N3O/c1-3-13-10-18-19-17(13)14-6-5-9-20(11-14)12-16-8-7-15(4-2)21-16/h7-8,10,14H,3-6,9,11-12H2,1-2H3,(H,18,19). The first kappa shape index (κ1) is 14.4. The van der Waals surface area contributed by atoms with E-state index in [4.69, 9.17) is 4.42 Å². The number of H-pyrrole nitrogens is 1. The molecule has 0 bridgehead atoms. The lowest BCUT2D eigenvalue weighted by Crippen LogP contribution is -2.34. The molecule has 0 aromatic carbocycles. The highest BCUT2D eigenvalue weighted by molar-refractivity contribution is 5.21. The number of hydrogen-bond donors (Lipinski definition) is 1. The Kier molecular flexibility index (Phi) is 4.44. The van der Waals surface area contributed by atoms with Crippen LogP contribution in [0.15, 0.2) is 22.7 Å². The second-order valence-corrected chi connectivity index (χ2v) is 5.96. The smallest absolute Gasteiger partial charge is 0.118 e. The fourth-order valence-electron chi connectivity index (χ4n) is 3.31. The van der Waals surface area contributed by atoms with E-state index in [2.05, 4.69) is 41.1 Å². The van der Waals surface area contributed by atoms with Crippen LogP contribution in [0.3, 0.4) is 0 Å². The number of piperidine rings is 1. The van der Waals surface area contributed by atoms with Gasteiger partial charge < -0.3 is 4.42 Å². The fourth-order valence-corrected chi connectivity index (χ4v) is 3.31. The van der Waals surface area contributed by atoms with E-state index in [0.717, 1.165) is 44.0 Å². The average Bonchev–Trinajstić information content (AvgIpc) is 3.15. The number of aryl methyl sites for hydroxylation is 2. The first-order valence-electron chi connectivity index (χ1n) is 8.12. The Morgan fingerprint density at radius 3 is 2.90 bits per heavy atom. The van der Waals surface area contributed by atoms with Gasteiger partial charge in [-0.05, 0) is 43.5 Å². The van der Waals surface area contributed by atoms with Crippen molar-refractivity contribution in [1.29, 1.82) is 0 Å². The molecule has 1 atom stereocenters. The maximum absolute atomic E-state index is 5.84. The molecule has 4 heteroatoms. The fraction of sp³-hybridized carbons (Fsp3) is 0.588. The molecule has 0 radical (unpaired) electrons. The van der Waals surface area contributed by atoms with Crippen LogP contribution in [0.4, 0.5) is 0 Å². The largest absolute Gasteiger partial charge is 0.465 e. The number of aromatic nitrogens is 2. The zero-order chi connectivity index (χ0) is 14.7. The zero-order valence-electron chi connectivity index (χ0n) is 13.1. The highest BCUT2D eigenvalue weighted by Crippen LogP contribution is 2.29. The van der Waals surface area contributed by atoms with Crippen LogP contribution in [0, 0.1) is 0 Å². The van der Waals surface area contributed by atoms with E-state index >= 15 is 0 Å². The minimum Gasteiger partial charge on any atom is -0.465 e. The number of rotatable bonds is 5. The quantitative estimate of drug-likeness (QED) is 0.915. The lowest BCUT2D eigenvalue weighted by molar-refractivity contribution is 0.184. The summed E-state index contributed by atoms with van der Waals surface area (Å²) in [6.07, 6.45) is 6.50. The van der Waals surface area contributed by atoms with E-state index in [1.807, 2.05) is 6.20 Å². The third-order valence-corrected chi connectivity index (χ3v) is 4.49. The summed E-state index contributed by atoms with van der Waals surface area (Å²) in [5, 5.41) is 7.45. The summed E-state index contributed by atoms with van der Waals surface area (Å²) in [6.45, 7) is 7.51. The second kappa shape index (κ2) is 6.48. The van der Waals surface area contributed by atoms with Gasteiger partial charge in [-0.25, -0.2) is 0 Å². The predicted octanol–water partition coefficient (Wildman–Crippen LogP) is 3.51. The van der Waals surface area contributed by atoms with Crippen molar-refractivity contribution < 1.29 is 4.42 Å². The molecule has 1 fully saturated rings. The highest BCUT2D eigenvalue weighted by atomic mass is 16.3. The van der Waals surface area contributed by atoms with Crippen molar-refractivity contribution in [3.05, 3.63) is 41.1 Å². The summed E-state index contributed by atoms with van der Waals surface area (Å²) >= 11 is 0. The van der Waals surface area contributed by atoms with Crippen LogP contribution in [-0.2, 0) is 19.4 Å². The maximum atomic E-state index is 5.84. The van der Waals surface area contributed by atoms with Gasteiger partial charge in [0.05, 0.1) is 12.7 Å². The Hall–Kier alpha value is -1.55. The minimum atomic E-state index is 0.580. The van der Waals surface area contributed by atoms with E-state index in [-0.39, 0.29) is 0 Å². The third-order valence-electron chi connectivity index (χ3n) is 4.49.